The van der Waals surface area contributed by atoms with E-state index in [4.69, 9.17) is 23.2 Å². The average molecular weight is 271 g/mol. The number of amides is 1. The van der Waals surface area contributed by atoms with Crippen LogP contribution in [0.25, 0.3) is 0 Å². The standard InChI is InChI=1S/C11H8Cl2N2O2/c12-8-2-1-3-9(13)11(8)14-10(16)6-7-4-5-17-15-7/h1-5H,6H2,(H,14,16). The summed E-state index contributed by atoms with van der Waals surface area (Å²) in [6.07, 6.45) is 1.52. The van der Waals surface area contributed by atoms with Gasteiger partial charge in [-0.2, -0.15) is 0 Å². The molecule has 0 aliphatic heterocycles. The summed E-state index contributed by atoms with van der Waals surface area (Å²) in [6, 6.07) is 6.63. The van der Waals surface area contributed by atoms with Crippen molar-refractivity contribution in [2.45, 2.75) is 6.42 Å². The topological polar surface area (TPSA) is 55.1 Å². The van der Waals surface area contributed by atoms with Gasteiger partial charge in [0.1, 0.15) is 6.26 Å². The molecule has 1 N–H and O–H groups in total. The van der Waals surface area contributed by atoms with Gasteiger partial charge in [0, 0.05) is 6.07 Å². The number of nitrogens with one attached hydrogen (secondary N) is 1. The van der Waals surface area contributed by atoms with Crippen molar-refractivity contribution in [3.63, 3.8) is 0 Å². The third-order valence-corrected chi connectivity index (χ3v) is 2.69. The zero-order valence-corrected chi connectivity index (χ0v) is 10.1. The van der Waals surface area contributed by atoms with E-state index in [9.17, 15) is 4.79 Å². The molecule has 2 aromatic rings. The van der Waals surface area contributed by atoms with Crippen molar-refractivity contribution in [2.75, 3.05) is 5.32 Å². The van der Waals surface area contributed by atoms with Crippen LogP contribution in [0, 0.1) is 0 Å². The fraction of sp³-hybridized carbons (Fsp3) is 0.0909. The zero-order chi connectivity index (χ0) is 12.3. The van der Waals surface area contributed by atoms with Crippen LogP contribution in [0.5, 0.6) is 0 Å². The molecular formula is C11H8Cl2N2O2. The lowest BCUT2D eigenvalue weighted by Crippen LogP contribution is -2.15. The number of carbonyl (C=O) groups is 1. The number of hydrogen-bond donors (Lipinski definition) is 1. The van der Waals surface area contributed by atoms with Crippen LogP contribution < -0.4 is 5.32 Å². The maximum absolute atomic E-state index is 11.7. The summed E-state index contributed by atoms with van der Waals surface area (Å²) in [5.41, 5.74) is 0.954. The second kappa shape index (κ2) is 5.21. The molecule has 17 heavy (non-hydrogen) atoms. The monoisotopic (exact) mass is 270 g/mol. The van der Waals surface area contributed by atoms with E-state index in [1.54, 1.807) is 24.3 Å². The molecule has 0 bridgehead atoms. The highest BCUT2D eigenvalue weighted by Crippen LogP contribution is 2.29. The van der Waals surface area contributed by atoms with E-state index in [1.807, 2.05) is 0 Å². The first-order chi connectivity index (χ1) is 8.16. The number of benzene rings is 1. The normalized spacial score (nSPS) is 10.2. The van der Waals surface area contributed by atoms with E-state index in [1.165, 1.54) is 6.26 Å². The van der Waals surface area contributed by atoms with Crippen LogP contribution in [0.3, 0.4) is 0 Å². The van der Waals surface area contributed by atoms with Crippen molar-refractivity contribution < 1.29 is 9.32 Å². The van der Waals surface area contributed by atoms with Gasteiger partial charge in [-0.3, -0.25) is 4.79 Å². The molecule has 0 spiro atoms. The Kier molecular flexibility index (Phi) is 3.66. The number of rotatable bonds is 3. The number of hydrogen-bond acceptors (Lipinski definition) is 3. The van der Waals surface area contributed by atoms with Gasteiger partial charge in [0.05, 0.1) is 27.8 Å². The Hall–Kier alpha value is -1.52. The maximum atomic E-state index is 11.7. The summed E-state index contributed by atoms with van der Waals surface area (Å²) in [7, 11) is 0. The molecule has 0 saturated heterocycles. The summed E-state index contributed by atoms with van der Waals surface area (Å²) in [6.45, 7) is 0. The molecule has 0 saturated carbocycles. The fourth-order valence-electron chi connectivity index (χ4n) is 1.29. The van der Waals surface area contributed by atoms with E-state index < -0.39 is 0 Å². The summed E-state index contributed by atoms with van der Waals surface area (Å²) in [4.78, 5) is 11.7. The highest BCUT2D eigenvalue weighted by molar-refractivity contribution is 6.39. The maximum Gasteiger partial charge on any atom is 0.230 e. The van der Waals surface area contributed by atoms with Crippen molar-refractivity contribution >= 4 is 34.8 Å². The lowest BCUT2D eigenvalue weighted by Gasteiger charge is -2.07. The van der Waals surface area contributed by atoms with Gasteiger partial charge in [-0.15, -0.1) is 0 Å². The third kappa shape index (κ3) is 2.99. The van der Waals surface area contributed by atoms with Gasteiger partial charge < -0.3 is 9.84 Å². The Bertz CT molecular complexity index is 506. The molecule has 6 heteroatoms. The van der Waals surface area contributed by atoms with Crippen LogP contribution in [0.15, 0.2) is 35.1 Å². The minimum atomic E-state index is -0.256. The quantitative estimate of drug-likeness (QED) is 0.932. The molecule has 0 atom stereocenters. The van der Waals surface area contributed by atoms with Gasteiger partial charge in [-0.1, -0.05) is 34.4 Å². The lowest BCUT2D eigenvalue weighted by atomic mass is 10.2. The van der Waals surface area contributed by atoms with Crippen LogP contribution in [-0.2, 0) is 11.2 Å². The molecule has 0 radical (unpaired) electrons. The van der Waals surface area contributed by atoms with Gasteiger partial charge in [0.15, 0.2) is 0 Å². The van der Waals surface area contributed by atoms with Crippen molar-refractivity contribution in [3.05, 3.63) is 46.3 Å². The van der Waals surface area contributed by atoms with Crippen molar-refractivity contribution in [1.29, 1.82) is 0 Å². The molecule has 0 unspecified atom stereocenters. The number of aromatic nitrogens is 1. The van der Waals surface area contributed by atoms with Gasteiger partial charge in [0.2, 0.25) is 5.91 Å². The van der Waals surface area contributed by atoms with Crippen LogP contribution in [0.2, 0.25) is 10.0 Å². The van der Waals surface area contributed by atoms with Crippen LogP contribution in [0.4, 0.5) is 5.69 Å². The summed E-state index contributed by atoms with van der Waals surface area (Å²) < 4.78 is 4.63. The number of para-hydroxylation sites is 1. The van der Waals surface area contributed by atoms with Gasteiger partial charge in [0.25, 0.3) is 0 Å². The van der Waals surface area contributed by atoms with Crippen LogP contribution in [-0.4, -0.2) is 11.1 Å². The van der Waals surface area contributed by atoms with E-state index in [0.29, 0.717) is 21.4 Å². The fourth-order valence-corrected chi connectivity index (χ4v) is 1.79. The first kappa shape index (κ1) is 12.0. The molecular weight excluding hydrogens is 263 g/mol. The predicted octanol–water partition coefficient (Wildman–Crippen LogP) is 3.16. The molecule has 1 heterocycles. The average Bonchev–Trinajstić information content (AvgIpc) is 2.76. The van der Waals surface area contributed by atoms with Gasteiger partial charge in [-0.25, -0.2) is 0 Å². The van der Waals surface area contributed by atoms with E-state index in [0.717, 1.165) is 0 Å². The summed E-state index contributed by atoms with van der Waals surface area (Å²) >= 11 is 11.8. The number of nitrogens with zero attached hydrogens (tertiary/aromatic N) is 1. The predicted molar refractivity (Wildman–Crippen MR) is 65.3 cm³/mol. The Morgan fingerprint density at radius 3 is 2.59 bits per heavy atom. The molecule has 4 nitrogen and oxygen atoms in total. The second-order valence-corrected chi connectivity index (χ2v) is 4.13. The minimum Gasteiger partial charge on any atom is -0.364 e. The van der Waals surface area contributed by atoms with E-state index >= 15 is 0 Å². The number of anilines is 1. The molecule has 1 aromatic heterocycles. The van der Waals surface area contributed by atoms with Crippen molar-refractivity contribution in [1.82, 2.24) is 5.16 Å². The number of halogens is 2. The summed E-state index contributed by atoms with van der Waals surface area (Å²) in [5, 5.41) is 7.06. The van der Waals surface area contributed by atoms with Crippen LogP contribution >= 0.6 is 23.2 Å². The van der Waals surface area contributed by atoms with Crippen molar-refractivity contribution in [3.8, 4) is 0 Å². The zero-order valence-electron chi connectivity index (χ0n) is 8.61. The minimum absolute atomic E-state index is 0.109. The smallest absolute Gasteiger partial charge is 0.230 e. The highest BCUT2D eigenvalue weighted by Gasteiger charge is 2.11. The first-order valence-electron chi connectivity index (χ1n) is 4.80. The molecule has 0 fully saturated rings. The molecule has 1 amide bonds. The Morgan fingerprint density at radius 2 is 2.00 bits per heavy atom. The summed E-state index contributed by atoms with van der Waals surface area (Å²) in [5.74, 6) is -0.256. The molecule has 1 aromatic carbocycles. The van der Waals surface area contributed by atoms with E-state index in [2.05, 4.69) is 15.0 Å². The second-order valence-electron chi connectivity index (χ2n) is 3.31. The Morgan fingerprint density at radius 1 is 1.29 bits per heavy atom. The Labute approximate surface area is 108 Å². The largest absolute Gasteiger partial charge is 0.364 e. The van der Waals surface area contributed by atoms with Gasteiger partial charge in [-0.05, 0) is 12.1 Å². The molecule has 0 aliphatic rings. The SMILES string of the molecule is O=C(Cc1ccon1)Nc1c(Cl)cccc1Cl. The molecule has 0 aliphatic carbocycles. The Balaban J connectivity index is 2.08. The lowest BCUT2D eigenvalue weighted by molar-refractivity contribution is -0.115. The highest BCUT2D eigenvalue weighted by atomic mass is 35.5. The first-order valence-corrected chi connectivity index (χ1v) is 5.55. The molecule has 2 rings (SSSR count). The molecule has 88 valence electrons. The van der Waals surface area contributed by atoms with Crippen molar-refractivity contribution in [2.24, 2.45) is 0 Å². The van der Waals surface area contributed by atoms with E-state index in [-0.39, 0.29) is 12.3 Å². The third-order valence-electron chi connectivity index (χ3n) is 2.06. The number of carbonyl (C=O) groups excluding carboxylic acids is 1. The van der Waals surface area contributed by atoms with Gasteiger partial charge >= 0.3 is 0 Å². The van der Waals surface area contributed by atoms with Crippen LogP contribution in [0.1, 0.15) is 5.69 Å².